The molecule has 2 fully saturated rings. The lowest BCUT2D eigenvalue weighted by atomic mass is 9.80. The molecule has 0 spiro atoms. The molecule has 4 N–H and O–H groups in total. The van der Waals surface area contributed by atoms with E-state index in [4.69, 9.17) is 4.74 Å². The molecule has 1 aromatic rings. The first-order valence-corrected chi connectivity index (χ1v) is 17.2. The van der Waals surface area contributed by atoms with E-state index in [1.807, 2.05) is 30.3 Å². The van der Waals surface area contributed by atoms with E-state index in [0.29, 0.717) is 12.8 Å². The number of likely N-dealkylation sites (N-methyl/N-ethyl adjacent to an activating group) is 1. The van der Waals surface area contributed by atoms with Crippen LogP contribution in [0.4, 0.5) is 4.79 Å². The van der Waals surface area contributed by atoms with Crippen LogP contribution < -0.4 is 21.3 Å². The minimum Gasteiger partial charge on any atom is -0.456 e. The molecule has 270 valence electrons. The molecule has 12 heteroatoms. The quantitative estimate of drug-likeness (QED) is 0.140. The van der Waals surface area contributed by atoms with Gasteiger partial charge < -0.3 is 30.9 Å². The standard InChI is InChI=1S/C37H55N5O7/c1-10-24-19-20-42(27(24)31(44)39-26(21-23-15-14-16-23)28(43)32(45)38-9)33(46)29(36(3,4)5)40-35(48)41-30(37(6,7)8)34(47)49-22(2)25-17-12-11-13-18-25/h10-13,17-18,22-24,26-27,29-30H,1,14-16,19-21H2,2-9H3,(H,38,45)(H,39,44)(H2,40,41,48)/t22-,24+,26?,27+,29-,30-/m1/s1. The Morgan fingerprint density at radius 3 is 2.02 bits per heavy atom. The molecule has 2 aliphatic rings. The lowest BCUT2D eigenvalue weighted by Gasteiger charge is -2.37. The number of nitrogens with zero attached hydrogens (tertiary/aromatic N) is 1. The fourth-order valence-corrected chi connectivity index (χ4v) is 6.26. The zero-order valence-corrected chi connectivity index (χ0v) is 30.3. The Labute approximate surface area is 290 Å². The van der Waals surface area contributed by atoms with Crippen LogP contribution in [0.5, 0.6) is 0 Å². The van der Waals surface area contributed by atoms with Crippen molar-refractivity contribution in [1.82, 2.24) is 26.2 Å². The highest BCUT2D eigenvalue weighted by atomic mass is 16.5. The number of amides is 5. The number of rotatable bonds is 13. The van der Waals surface area contributed by atoms with Gasteiger partial charge in [0.05, 0.1) is 6.04 Å². The molecular weight excluding hydrogens is 626 g/mol. The lowest BCUT2D eigenvalue weighted by Crippen LogP contribution is -2.62. The highest BCUT2D eigenvalue weighted by Crippen LogP contribution is 2.33. The van der Waals surface area contributed by atoms with E-state index >= 15 is 0 Å². The van der Waals surface area contributed by atoms with E-state index in [1.165, 1.54) is 11.9 Å². The van der Waals surface area contributed by atoms with Gasteiger partial charge in [0.2, 0.25) is 17.6 Å². The number of ether oxygens (including phenoxy) is 1. The van der Waals surface area contributed by atoms with Crippen molar-refractivity contribution in [3.8, 4) is 0 Å². The van der Waals surface area contributed by atoms with E-state index in [1.54, 1.807) is 54.5 Å². The fraction of sp³-hybridized carbons (Fsp3) is 0.622. The van der Waals surface area contributed by atoms with Gasteiger partial charge in [0.15, 0.2) is 0 Å². The molecule has 12 nitrogen and oxygen atoms in total. The van der Waals surface area contributed by atoms with Crippen LogP contribution in [0.1, 0.15) is 92.2 Å². The van der Waals surface area contributed by atoms with Crippen molar-refractivity contribution in [2.45, 2.75) is 111 Å². The van der Waals surface area contributed by atoms with E-state index in [0.717, 1.165) is 24.8 Å². The van der Waals surface area contributed by atoms with Crippen LogP contribution in [-0.4, -0.2) is 78.2 Å². The van der Waals surface area contributed by atoms with Gasteiger partial charge in [-0.25, -0.2) is 9.59 Å². The number of esters is 1. The summed E-state index contributed by atoms with van der Waals surface area (Å²) in [5, 5.41) is 10.6. The second-order valence-corrected chi connectivity index (χ2v) is 15.4. The molecule has 1 saturated heterocycles. The number of hydrogen-bond acceptors (Lipinski definition) is 7. The number of carbonyl (C=O) groups excluding carboxylic acids is 6. The first-order valence-electron chi connectivity index (χ1n) is 17.2. The zero-order chi connectivity index (χ0) is 36.7. The van der Waals surface area contributed by atoms with Gasteiger partial charge in [-0.15, -0.1) is 6.58 Å². The van der Waals surface area contributed by atoms with Gasteiger partial charge in [0.1, 0.15) is 24.2 Å². The summed E-state index contributed by atoms with van der Waals surface area (Å²) < 4.78 is 5.74. The average molecular weight is 682 g/mol. The number of carbonyl (C=O) groups is 6. The largest absolute Gasteiger partial charge is 0.456 e. The SMILES string of the molecule is C=C[C@H]1CCN(C(=O)[C@@H](NC(=O)N[C@H](C(=O)O[C@H](C)c2ccccc2)C(C)(C)C)C(C)(C)C)[C@@H]1C(=O)NC(CC1CCC1)C(=O)C(=O)NC. The number of hydrogen-bond donors (Lipinski definition) is 4. The Kier molecular flexibility index (Phi) is 13.2. The zero-order valence-electron chi connectivity index (χ0n) is 30.3. The lowest BCUT2D eigenvalue weighted by molar-refractivity contribution is -0.153. The Morgan fingerprint density at radius 2 is 1.51 bits per heavy atom. The van der Waals surface area contributed by atoms with E-state index in [-0.39, 0.29) is 12.5 Å². The third-order valence-electron chi connectivity index (χ3n) is 9.50. The van der Waals surface area contributed by atoms with Crippen LogP contribution in [-0.2, 0) is 28.7 Å². The number of ketones is 1. The number of benzene rings is 1. The molecule has 49 heavy (non-hydrogen) atoms. The highest BCUT2D eigenvalue weighted by Gasteiger charge is 2.47. The van der Waals surface area contributed by atoms with Gasteiger partial charge in [0.25, 0.3) is 5.91 Å². The molecule has 0 aromatic heterocycles. The van der Waals surface area contributed by atoms with E-state index in [2.05, 4.69) is 27.8 Å². The second-order valence-electron chi connectivity index (χ2n) is 15.4. The smallest absolute Gasteiger partial charge is 0.329 e. The topological polar surface area (TPSA) is 163 Å². The van der Waals surface area contributed by atoms with Crippen molar-refractivity contribution in [2.24, 2.45) is 22.7 Å². The number of urea groups is 1. The van der Waals surface area contributed by atoms with Crippen LogP contribution in [0.15, 0.2) is 43.0 Å². The molecule has 1 unspecified atom stereocenters. The van der Waals surface area contributed by atoms with Gasteiger partial charge >= 0.3 is 12.0 Å². The van der Waals surface area contributed by atoms with Gasteiger partial charge in [-0.3, -0.25) is 19.2 Å². The van der Waals surface area contributed by atoms with Crippen LogP contribution >= 0.6 is 0 Å². The molecule has 1 heterocycles. The summed E-state index contributed by atoms with van der Waals surface area (Å²) in [6, 6.07) is 4.35. The van der Waals surface area contributed by atoms with Crippen molar-refractivity contribution in [1.29, 1.82) is 0 Å². The maximum Gasteiger partial charge on any atom is 0.329 e. The summed E-state index contributed by atoms with van der Waals surface area (Å²) in [5.41, 5.74) is -0.729. The Hall–Kier alpha value is -4.22. The predicted molar refractivity (Wildman–Crippen MR) is 186 cm³/mol. The molecule has 1 aromatic carbocycles. The molecule has 1 aliphatic carbocycles. The van der Waals surface area contributed by atoms with Crippen molar-refractivity contribution in [2.75, 3.05) is 13.6 Å². The Bertz CT molecular complexity index is 1380. The first-order chi connectivity index (χ1) is 22.9. The van der Waals surface area contributed by atoms with E-state index in [9.17, 15) is 28.8 Å². The fourth-order valence-electron chi connectivity index (χ4n) is 6.26. The molecule has 1 aliphatic heterocycles. The number of Topliss-reactive ketones (excluding diaryl/α,β-unsaturated/α-hetero) is 1. The monoisotopic (exact) mass is 681 g/mol. The maximum atomic E-state index is 14.3. The molecular formula is C37H55N5O7. The summed E-state index contributed by atoms with van der Waals surface area (Å²) >= 11 is 0. The van der Waals surface area contributed by atoms with Gasteiger partial charge in [-0.1, -0.05) is 97.2 Å². The minimum atomic E-state index is -1.09. The highest BCUT2D eigenvalue weighted by molar-refractivity contribution is 6.38. The normalized spacial score (nSPS) is 20.4. The molecule has 1 saturated carbocycles. The summed E-state index contributed by atoms with van der Waals surface area (Å²) in [4.78, 5) is 81.7. The predicted octanol–water partition coefficient (Wildman–Crippen LogP) is 3.81. The molecule has 0 radical (unpaired) electrons. The van der Waals surface area contributed by atoms with Crippen LogP contribution in [0.3, 0.4) is 0 Å². The third kappa shape index (κ3) is 10.1. The van der Waals surface area contributed by atoms with Gasteiger partial charge in [-0.05, 0) is 42.1 Å². The van der Waals surface area contributed by atoms with Crippen LogP contribution in [0.25, 0.3) is 0 Å². The maximum absolute atomic E-state index is 14.3. The molecule has 6 atom stereocenters. The number of likely N-dealkylation sites (tertiary alicyclic amines) is 1. The van der Waals surface area contributed by atoms with Crippen LogP contribution in [0.2, 0.25) is 0 Å². The molecule has 3 rings (SSSR count). The minimum absolute atomic E-state index is 0.217. The Morgan fingerprint density at radius 1 is 0.918 bits per heavy atom. The molecule has 5 amide bonds. The van der Waals surface area contributed by atoms with Crippen LogP contribution in [0, 0.1) is 22.7 Å². The summed E-state index contributed by atoms with van der Waals surface area (Å²) in [6.07, 6.45) is 4.71. The first kappa shape index (κ1) is 39.2. The second kappa shape index (κ2) is 16.5. The Balaban J connectivity index is 1.80. The molecule has 0 bridgehead atoms. The number of nitrogens with one attached hydrogen (secondary N) is 4. The van der Waals surface area contributed by atoms with Gasteiger partial charge in [0, 0.05) is 19.5 Å². The third-order valence-corrected chi connectivity index (χ3v) is 9.50. The summed E-state index contributed by atoms with van der Waals surface area (Å²) in [5.74, 6) is -3.39. The van der Waals surface area contributed by atoms with E-state index < -0.39 is 82.5 Å². The summed E-state index contributed by atoms with van der Waals surface area (Å²) in [6.45, 7) is 16.6. The van der Waals surface area contributed by atoms with Crippen molar-refractivity contribution >= 4 is 35.5 Å². The van der Waals surface area contributed by atoms with Crippen molar-refractivity contribution in [3.63, 3.8) is 0 Å². The van der Waals surface area contributed by atoms with Gasteiger partial charge in [-0.2, -0.15) is 0 Å². The average Bonchev–Trinajstić information content (AvgIpc) is 3.46. The summed E-state index contributed by atoms with van der Waals surface area (Å²) in [7, 11) is 1.36. The van der Waals surface area contributed by atoms with Crippen molar-refractivity contribution in [3.05, 3.63) is 48.6 Å². The van der Waals surface area contributed by atoms with Crippen molar-refractivity contribution < 1.29 is 33.5 Å².